The van der Waals surface area contributed by atoms with Gasteiger partial charge in [-0.05, 0) is 58.3 Å². The number of hydrogen-bond donors (Lipinski definition) is 0. The molecule has 0 aromatic rings. The van der Waals surface area contributed by atoms with E-state index in [1.165, 1.54) is 161 Å². The van der Waals surface area contributed by atoms with Crippen LogP contribution >= 0.6 is 0 Å². The summed E-state index contributed by atoms with van der Waals surface area (Å²) in [7, 11) is 0. The van der Waals surface area contributed by atoms with Gasteiger partial charge < -0.3 is 4.79 Å². The van der Waals surface area contributed by atoms with Crippen LogP contribution in [0.3, 0.4) is 0 Å². The highest BCUT2D eigenvalue weighted by molar-refractivity contribution is 5.75. The van der Waals surface area contributed by atoms with Crippen molar-refractivity contribution < 1.29 is 4.79 Å². The van der Waals surface area contributed by atoms with E-state index in [2.05, 4.69) is 31.2 Å². The van der Waals surface area contributed by atoms with Crippen LogP contribution in [0.5, 0.6) is 0 Å². The Labute approximate surface area is 228 Å². The smallest absolute Gasteiger partial charge is 0.129 e. The summed E-state index contributed by atoms with van der Waals surface area (Å²) >= 11 is 0. The largest absolute Gasteiger partial charge is 0.300 e. The van der Waals surface area contributed by atoms with Crippen LogP contribution in [0.2, 0.25) is 0 Å². The van der Waals surface area contributed by atoms with E-state index in [0.29, 0.717) is 5.78 Å². The molecule has 212 valence electrons. The van der Waals surface area contributed by atoms with Crippen LogP contribution in [-0.2, 0) is 4.79 Å². The lowest BCUT2D eigenvalue weighted by Crippen LogP contribution is -1.87. The van der Waals surface area contributed by atoms with Crippen molar-refractivity contribution >= 4 is 5.78 Å². The van der Waals surface area contributed by atoms with E-state index in [1.54, 1.807) is 6.92 Å². The van der Waals surface area contributed by atoms with Crippen molar-refractivity contribution in [2.45, 2.75) is 194 Å². The van der Waals surface area contributed by atoms with Gasteiger partial charge in [0.25, 0.3) is 0 Å². The minimum atomic E-state index is 0.317. The molecule has 36 heavy (non-hydrogen) atoms. The average Bonchev–Trinajstić information content (AvgIpc) is 2.87. The highest BCUT2D eigenvalue weighted by Gasteiger charge is 1.95. The maximum atomic E-state index is 10.9. The summed E-state index contributed by atoms with van der Waals surface area (Å²) in [6, 6.07) is 0. The predicted octanol–water partition coefficient (Wildman–Crippen LogP) is 12.6. The Morgan fingerprint density at radius 2 is 0.639 bits per heavy atom. The quantitative estimate of drug-likeness (QED) is 0.0704. The molecule has 0 rings (SSSR count). The van der Waals surface area contributed by atoms with Crippen LogP contribution in [-0.4, -0.2) is 5.78 Å². The van der Waals surface area contributed by atoms with Gasteiger partial charge in [0.05, 0.1) is 0 Å². The molecule has 0 radical (unpaired) electrons. The van der Waals surface area contributed by atoms with Gasteiger partial charge in [0.15, 0.2) is 0 Å². The molecule has 0 fully saturated rings. The molecule has 0 bridgehead atoms. The molecule has 0 unspecified atom stereocenters. The number of carbonyl (C=O) groups excluding carboxylic acids is 1. The molecule has 0 saturated heterocycles. The molecule has 0 heterocycles. The molecule has 0 aliphatic carbocycles. The monoisotopic (exact) mass is 503 g/mol. The Morgan fingerprint density at radius 3 is 0.917 bits per heavy atom. The first-order valence-electron chi connectivity index (χ1n) is 16.6. The second kappa shape index (κ2) is 32.2. The molecule has 0 aliphatic heterocycles. The molecule has 0 spiro atoms. The number of rotatable bonds is 30. The summed E-state index contributed by atoms with van der Waals surface area (Å²) in [6.07, 6.45) is 47.5. The lowest BCUT2D eigenvalue weighted by molar-refractivity contribution is -0.117. The topological polar surface area (TPSA) is 17.1 Å². The van der Waals surface area contributed by atoms with Crippen molar-refractivity contribution in [2.24, 2.45) is 0 Å². The summed E-state index contributed by atoms with van der Waals surface area (Å²) < 4.78 is 0. The third-order valence-corrected chi connectivity index (χ3v) is 7.45. The van der Waals surface area contributed by atoms with Crippen molar-refractivity contribution in [1.29, 1.82) is 0 Å². The molecular weight excluding hydrogens is 436 g/mol. The molecule has 0 amide bonds. The molecule has 0 atom stereocenters. The van der Waals surface area contributed by atoms with Crippen molar-refractivity contribution in [1.82, 2.24) is 0 Å². The van der Waals surface area contributed by atoms with Crippen LogP contribution in [0.1, 0.15) is 194 Å². The van der Waals surface area contributed by atoms with Crippen LogP contribution < -0.4 is 0 Å². The maximum absolute atomic E-state index is 10.9. The van der Waals surface area contributed by atoms with Crippen molar-refractivity contribution in [3.8, 4) is 0 Å². The van der Waals surface area contributed by atoms with Crippen LogP contribution in [0.25, 0.3) is 0 Å². The number of ketones is 1. The van der Waals surface area contributed by atoms with Gasteiger partial charge >= 0.3 is 0 Å². The van der Waals surface area contributed by atoms with E-state index < -0.39 is 0 Å². The molecule has 0 aromatic heterocycles. The fourth-order valence-electron chi connectivity index (χ4n) is 4.98. The lowest BCUT2D eigenvalue weighted by atomic mass is 10.0. The van der Waals surface area contributed by atoms with Gasteiger partial charge in [0.2, 0.25) is 0 Å². The number of Topliss-reactive ketones (excluding diaryl/α,β-unsaturated/α-hetero) is 1. The summed E-state index contributed by atoms with van der Waals surface area (Å²) in [5.41, 5.74) is 0. The van der Waals surface area contributed by atoms with Gasteiger partial charge in [-0.1, -0.05) is 153 Å². The normalized spacial score (nSPS) is 11.8. The second-order valence-electron chi connectivity index (χ2n) is 11.3. The third-order valence-electron chi connectivity index (χ3n) is 7.45. The van der Waals surface area contributed by atoms with E-state index >= 15 is 0 Å². The van der Waals surface area contributed by atoms with E-state index in [4.69, 9.17) is 0 Å². The highest BCUT2D eigenvalue weighted by atomic mass is 16.1. The Balaban J connectivity index is 3.10. The summed E-state index contributed by atoms with van der Waals surface area (Å²) in [4.78, 5) is 10.9. The summed E-state index contributed by atoms with van der Waals surface area (Å²) in [5, 5.41) is 0. The zero-order chi connectivity index (χ0) is 26.2. The van der Waals surface area contributed by atoms with Gasteiger partial charge in [-0.2, -0.15) is 0 Å². The van der Waals surface area contributed by atoms with Gasteiger partial charge in [-0.25, -0.2) is 0 Å². The van der Waals surface area contributed by atoms with E-state index in [0.717, 1.165) is 19.3 Å². The summed E-state index contributed by atoms with van der Waals surface area (Å²) in [5.74, 6) is 0.317. The fourth-order valence-corrected chi connectivity index (χ4v) is 4.98. The van der Waals surface area contributed by atoms with Crippen molar-refractivity contribution in [3.63, 3.8) is 0 Å². The molecular formula is C35H66O. The molecule has 0 saturated carbocycles. The molecule has 1 heteroatoms. The molecule has 1 nitrogen and oxygen atoms in total. The SMILES string of the molecule is CCCCCCCC/C=C\CCCCCCCCCCCCCCCCCC/C=C\CCCC(C)=O. The van der Waals surface area contributed by atoms with Crippen LogP contribution in [0, 0.1) is 0 Å². The van der Waals surface area contributed by atoms with E-state index in [9.17, 15) is 4.79 Å². The standard InChI is InChI=1S/C35H66O/c1-3-4-5-6-7-8-9-10-11-12-13-14-15-16-17-18-19-20-21-22-23-24-25-26-27-28-29-30-31-32-33-34-35(2)36/h10-11,30-31H,3-9,12-29,32-34H2,1-2H3/b11-10-,31-30-. The van der Waals surface area contributed by atoms with E-state index in [-0.39, 0.29) is 0 Å². The van der Waals surface area contributed by atoms with Gasteiger partial charge in [-0.3, -0.25) is 0 Å². The number of hydrogen-bond acceptors (Lipinski definition) is 1. The maximum Gasteiger partial charge on any atom is 0.129 e. The molecule has 0 aliphatic rings. The number of unbranched alkanes of at least 4 members (excludes halogenated alkanes) is 24. The number of allylic oxidation sites excluding steroid dienone is 4. The second-order valence-corrected chi connectivity index (χ2v) is 11.3. The van der Waals surface area contributed by atoms with Crippen molar-refractivity contribution in [2.75, 3.05) is 0 Å². The van der Waals surface area contributed by atoms with Gasteiger partial charge in [-0.15, -0.1) is 0 Å². The molecule has 0 N–H and O–H groups in total. The first-order chi connectivity index (χ1) is 17.8. The van der Waals surface area contributed by atoms with Crippen molar-refractivity contribution in [3.05, 3.63) is 24.3 Å². The predicted molar refractivity (Wildman–Crippen MR) is 164 cm³/mol. The Bertz CT molecular complexity index is 475. The minimum Gasteiger partial charge on any atom is -0.300 e. The third kappa shape index (κ3) is 33.1. The number of carbonyl (C=O) groups is 1. The average molecular weight is 503 g/mol. The van der Waals surface area contributed by atoms with E-state index in [1.807, 2.05) is 0 Å². The summed E-state index contributed by atoms with van der Waals surface area (Å²) in [6.45, 7) is 3.98. The Morgan fingerprint density at radius 1 is 0.389 bits per heavy atom. The first kappa shape index (κ1) is 35.2. The lowest BCUT2D eigenvalue weighted by Gasteiger charge is -2.03. The minimum absolute atomic E-state index is 0.317. The molecule has 0 aromatic carbocycles. The zero-order valence-corrected chi connectivity index (χ0v) is 25.0. The Kier molecular flexibility index (Phi) is 31.4. The highest BCUT2D eigenvalue weighted by Crippen LogP contribution is 2.15. The Hall–Kier alpha value is -0.850. The first-order valence-corrected chi connectivity index (χ1v) is 16.6. The van der Waals surface area contributed by atoms with Crippen LogP contribution in [0.15, 0.2) is 24.3 Å². The van der Waals surface area contributed by atoms with Gasteiger partial charge in [0.1, 0.15) is 5.78 Å². The zero-order valence-electron chi connectivity index (χ0n) is 25.0. The van der Waals surface area contributed by atoms with Gasteiger partial charge in [0, 0.05) is 6.42 Å². The fraction of sp³-hybridized carbons (Fsp3) is 0.857. The van der Waals surface area contributed by atoms with Crippen LogP contribution in [0.4, 0.5) is 0 Å².